The molecule has 0 unspecified atom stereocenters. The van der Waals surface area contributed by atoms with E-state index in [1.165, 1.54) is 5.56 Å². The van der Waals surface area contributed by atoms with Crippen LogP contribution in [0.25, 0.3) is 0 Å². The van der Waals surface area contributed by atoms with Gasteiger partial charge >= 0.3 is 0 Å². The van der Waals surface area contributed by atoms with Crippen molar-refractivity contribution in [3.8, 4) is 0 Å². The Kier molecular flexibility index (Phi) is 6.88. The quantitative estimate of drug-likeness (QED) is 0.389. The molecular weight excluding hydrogens is 454 g/mol. The number of aromatic nitrogens is 5. The molecule has 5 rings (SSSR count). The number of carbonyl (C=O) groups excluding carboxylic acids is 2. The number of carbonyl (C=O) groups is 2. The van der Waals surface area contributed by atoms with E-state index in [-0.39, 0.29) is 11.8 Å². The maximum absolute atomic E-state index is 13.2. The van der Waals surface area contributed by atoms with Gasteiger partial charge in [-0.25, -0.2) is 0 Å². The second kappa shape index (κ2) is 10.6. The standard InChI is InChI=1S/C27H29N7O2/c1-32-24(11-16-30-32)27(36)33-17-12-23-22(19-33)25(31-34(23)18-21-9-14-28-15-10-21)26(35)29-13-5-8-20-6-3-2-4-7-20/h2-4,6-7,9-11,14-16H,5,8,12-13,17-19H2,1H3,(H,29,35). The van der Waals surface area contributed by atoms with Crippen molar-refractivity contribution in [3.63, 3.8) is 0 Å². The number of nitrogens with zero attached hydrogens (tertiary/aromatic N) is 6. The van der Waals surface area contributed by atoms with Gasteiger partial charge in [-0.3, -0.25) is 23.9 Å². The predicted octanol–water partition coefficient (Wildman–Crippen LogP) is 2.62. The van der Waals surface area contributed by atoms with Crippen molar-refractivity contribution in [1.82, 2.24) is 34.8 Å². The number of aryl methyl sites for hydroxylation is 2. The van der Waals surface area contributed by atoms with E-state index >= 15 is 0 Å². The summed E-state index contributed by atoms with van der Waals surface area (Å²) in [5.41, 5.74) is 5.02. The van der Waals surface area contributed by atoms with E-state index in [1.807, 2.05) is 35.0 Å². The zero-order chi connectivity index (χ0) is 24.9. The first-order chi connectivity index (χ1) is 17.6. The molecule has 184 valence electrons. The Bertz CT molecular complexity index is 1350. The van der Waals surface area contributed by atoms with Crippen LogP contribution >= 0.6 is 0 Å². The number of hydrogen-bond acceptors (Lipinski definition) is 5. The minimum absolute atomic E-state index is 0.100. The lowest BCUT2D eigenvalue weighted by molar-refractivity contribution is 0.0719. The highest BCUT2D eigenvalue weighted by Gasteiger charge is 2.31. The van der Waals surface area contributed by atoms with Crippen molar-refractivity contribution < 1.29 is 9.59 Å². The molecular formula is C27H29N7O2. The molecule has 0 saturated carbocycles. The van der Waals surface area contributed by atoms with E-state index in [1.54, 1.807) is 41.3 Å². The molecule has 1 N–H and O–H groups in total. The predicted molar refractivity (Wildman–Crippen MR) is 134 cm³/mol. The highest BCUT2D eigenvalue weighted by molar-refractivity contribution is 5.95. The summed E-state index contributed by atoms with van der Waals surface area (Å²) < 4.78 is 3.47. The minimum atomic E-state index is -0.206. The third kappa shape index (κ3) is 5.05. The van der Waals surface area contributed by atoms with E-state index < -0.39 is 0 Å². The second-order valence-corrected chi connectivity index (χ2v) is 8.95. The molecule has 4 aromatic rings. The first kappa shape index (κ1) is 23.5. The molecule has 0 aliphatic carbocycles. The fraction of sp³-hybridized carbons (Fsp3) is 0.296. The number of amides is 2. The second-order valence-electron chi connectivity index (χ2n) is 8.95. The molecule has 0 saturated heterocycles. The van der Waals surface area contributed by atoms with Gasteiger partial charge in [-0.2, -0.15) is 10.2 Å². The van der Waals surface area contributed by atoms with E-state index in [4.69, 9.17) is 5.10 Å². The van der Waals surface area contributed by atoms with Gasteiger partial charge in [0, 0.05) is 56.4 Å². The van der Waals surface area contributed by atoms with Crippen molar-refractivity contribution in [2.24, 2.45) is 7.05 Å². The molecule has 0 atom stereocenters. The van der Waals surface area contributed by atoms with Crippen molar-refractivity contribution in [1.29, 1.82) is 0 Å². The summed E-state index contributed by atoms with van der Waals surface area (Å²) in [6.45, 7) is 1.98. The average molecular weight is 484 g/mol. The van der Waals surface area contributed by atoms with Crippen LogP contribution in [-0.4, -0.2) is 54.3 Å². The summed E-state index contributed by atoms with van der Waals surface area (Å²) in [5.74, 6) is -0.306. The van der Waals surface area contributed by atoms with Crippen LogP contribution in [0.15, 0.2) is 67.1 Å². The number of benzene rings is 1. The van der Waals surface area contributed by atoms with E-state index in [0.717, 1.165) is 29.7 Å². The van der Waals surface area contributed by atoms with Gasteiger partial charge in [0.1, 0.15) is 5.69 Å². The molecule has 9 heteroatoms. The monoisotopic (exact) mass is 483 g/mol. The maximum atomic E-state index is 13.2. The van der Waals surface area contributed by atoms with E-state index in [2.05, 4.69) is 27.5 Å². The Balaban J connectivity index is 1.35. The number of rotatable bonds is 8. The Hall–Kier alpha value is -4.27. The summed E-state index contributed by atoms with van der Waals surface area (Å²) in [7, 11) is 1.75. The van der Waals surface area contributed by atoms with Crippen LogP contribution in [0.1, 0.15) is 49.8 Å². The van der Waals surface area contributed by atoms with Gasteiger partial charge in [-0.15, -0.1) is 0 Å². The first-order valence-electron chi connectivity index (χ1n) is 12.2. The fourth-order valence-electron chi connectivity index (χ4n) is 4.61. The van der Waals surface area contributed by atoms with Gasteiger partial charge < -0.3 is 10.2 Å². The minimum Gasteiger partial charge on any atom is -0.351 e. The van der Waals surface area contributed by atoms with Crippen molar-refractivity contribution in [2.45, 2.75) is 32.4 Å². The number of hydrogen-bond donors (Lipinski definition) is 1. The molecule has 0 radical (unpaired) electrons. The summed E-state index contributed by atoms with van der Waals surface area (Å²) in [6.07, 6.45) is 7.46. The van der Waals surface area contributed by atoms with Gasteiger partial charge in [-0.1, -0.05) is 30.3 Å². The summed E-state index contributed by atoms with van der Waals surface area (Å²) in [5, 5.41) is 11.9. The lowest BCUT2D eigenvalue weighted by Gasteiger charge is -2.28. The Morgan fingerprint density at radius 3 is 2.56 bits per heavy atom. The summed E-state index contributed by atoms with van der Waals surface area (Å²) in [4.78, 5) is 32.2. The average Bonchev–Trinajstić information content (AvgIpc) is 3.50. The molecule has 0 bridgehead atoms. The largest absolute Gasteiger partial charge is 0.351 e. The van der Waals surface area contributed by atoms with Crippen molar-refractivity contribution >= 4 is 11.8 Å². The van der Waals surface area contributed by atoms with Crippen LogP contribution < -0.4 is 5.32 Å². The molecule has 1 aliphatic rings. The molecule has 1 aliphatic heterocycles. The van der Waals surface area contributed by atoms with Gasteiger partial charge in [-0.05, 0) is 42.2 Å². The van der Waals surface area contributed by atoms with Crippen molar-refractivity contribution in [2.75, 3.05) is 13.1 Å². The Labute approximate surface area is 209 Å². The van der Waals surface area contributed by atoms with Crippen LogP contribution in [0, 0.1) is 0 Å². The van der Waals surface area contributed by atoms with Crippen LogP contribution in [0.5, 0.6) is 0 Å². The molecule has 2 amide bonds. The molecule has 9 nitrogen and oxygen atoms in total. The summed E-state index contributed by atoms with van der Waals surface area (Å²) in [6, 6.07) is 15.8. The smallest absolute Gasteiger partial charge is 0.272 e. The molecule has 0 fully saturated rings. The topological polar surface area (TPSA) is 97.9 Å². The number of pyridine rings is 1. The Morgan fingerprint density at radius 2 is 1.81 bits per heavy atom. The first-order valence-corrected chi connectivity index (χ1v) is 12.2. The zero-order valence-electron chi connectivity index (χ0n) is 20.3. The van der Waals surface area contributed by atoms with Crippen LogP contribution in [-0.2, 0) is 33.0 Å². The van der Waals surface area contributed by atoms with Crippen LogP contribution in [0.4, 0.5) is 0 Å². The maximum Gasteiger partial charge on any atom is 0.272 e. The van der Waals surface area contributed by atoms with Gasteiger partial charge in [0.15, 0.2) is 5.69 Å². The number of nitrogens with one attached hydrogen (secondary N) is 1. The highest BCUT2D eigenvalue weighted by atomic mass is 16.2. The lowest BCUT2D eigenvalue weighted by Crippen LogP contribution is -2.38. The van der Waals surface area contributed by atoms with Crippen molar-refractivity contribution in [3.05, 3.63) is 101 Å². The van der Waals surface area contributed by atoms with E-state index in [9.17, 15) is 9.59 Å². The third-order valence-electron chi connectivity index (χ3n) is 6.53. The normalized spacial score (nSPS) is 12.9. The number of fused-ring (bicyclic) bond motifs is 1. The summed E-state index contributed by atoms with van der Waals surface area (Å²) >= 11 is 0. The lowest BCUT2D eigenvalue weighted by atomic mass is 10.0. The Morgan fingerprint density at radius 1 is 1.00 bits per heavy atom. The highest BCUT2D eigenvalue weighted by Crippen LogP contribution is 2.25. The molecule has 0 spiro atoms. The molecule has 1 aromatic carbocycles. The van der Waals surface area contributed by atoms with Gasteiger partial charge in [0.05, 0.1) is 13.1 Å². The van der Waals surface area contributed by atoms with Gasteiger partial charge in [0.25, 0.3) is 11.8 Å². The van der Waals surface area contributed by atoms with Crippen LogP contribution in [0.2, 0.25) is 0 Å². The molecule has 3 aromatic heterocycles. The van der Waals surface area contributed by atoms with Crippen LogP contribution in [0.3, 0.4) is 0 Å². The SMILES string of the molecule is Cn1nccc1C(=O)N1CCc2c(c(C(=O)NCCCc3ccccc3)nn2Cc2ccncc2)C1. The van der Waals surface area contributed by atoms with Gasteiger partial charge in [0.2, 0.25) is 0 Å². The third-order valence-corrected chi connectivity index (χ3v) is 6.53. The van der Waals surface area contributed by atoms with E-state index in [0.29, 0.717) is 44.0 Å². The molecule has 36 heavy (non-hydrogen) atoms. The fourth-order valence-corrected chi connectivity index (χ4v) is 4.61. The zero-order valence-corrected chi connectivity index (χ0v) is 20.3. The molecule has 4 heterocycles.